The number of carbonyl (C=O) groups is 1. The number of hydrogen-bond donors (Lipinski definition) is 1. The standard InChI is InChI=1S/C24H36O4/c1-6-7-8-9-10-11-12-14-24(5)15-13-20-19(4)22(27-16-21(25)26)17(2)18(3)23(20)28-24/h12,14H,6-11,13,15-16H2,1-5H3,(H,25,26)/b14-12+/t24-/m1/s1. The average molecular weight is 389 g/mol. The van der Waals surface area contributed by atoms with Gasteiger partial charge in [-0.15, -0.1) is 0 Å². The number of ether oxygens (including phenoxy) is 2. The van der Waals surface area contributed by atoms with Crippen molar-refractivity contribution < 1.29 is 19.4 Å². The first-order chi connectivity index (χ1) is 13.3. The normalized spacial score (nSPS) is 18.8. The summed E-state index contributed by atoms with van der Waals surface area (Å²) in [6.45, 7) is 10.1. The fraction of sp³-hybridized carbons (Fsp3) is 0.625. The van der Waals surface area contributed by atoms with Gasteiger partial charge in [0.1, 0.15) is 17.1 Å². The summed E-state index contributed by atoms with van der Waals surface area (Å²) < 4.78 is 12.1. The minimum Gasteiger partial charge on any atom is -0.483 e. The summed E-state index contributed by atoms with van der Waals surface area (Å²) in [5, 5.41) is 8.94. The van der Waals surface area contributed by atoms with E-state index < -0.39 is 5.97 Å². The predicted octanol–water partition coefficient (Wildman–Crippen LogP) is 6.08. The van der Waals surface area contributed by atoms with Crippen molar-refractivity contribution in [3.05, 3.63) is 34.4 Å². The van der Waals surface area contributed by atoms with Gasteiger partial charge in [0.2, 0.25) is 0 Å². The molecule has 1 aromatic carbocycles. The summed E-state index contributed by atoms with van der Waals surface area (Å²) in [7, 11) is 0. The number of hydrogen-bond acceptors (Lipinski definition) is 3. The predicted molar refractivity (Wildman–Crippen MR) is 114 cm³/mol. The van der Waals surface area contributed by atoms with Crippen LogP contribution in [0.2, 0.25) is 0 Å². The molecule has 0 aliphatic carbocycles. The van der Waals surface area contributed by atoms with Crippen molar-refractivity contribution in [3.63, 3.8) is 0 Å². The van der Waals surface area contributed by atoms with Gasteiger partial charge < -0.3 is 14.6 Å². The number of carboxylic acid groups (broad SMARTS) is 1. The van der Waals surface area contributed by atoms with Crippen LogP contribution in [0, 0.1) is 20.8 Å². The van der Waals surface area contributed by atoms with E-state index in [9.17, 15) is 4.79 Å². The fourth-order valence-corrected chi connectivity index (χ4v) is 3.92. The van der Waals surface area contributed by atoms with Gasteiger partial charge in [0.15, 0.2) is 6.61 Å². The van der Waals surface area contributed by atoms with Gasteiger partial charge in [0.05, 0.1) is 0 Å². The summed E-state index contributed by atoms with van der Waals surface area (Å²) >= 11 is 0. The van der Waals surface area contributed by atoms with E-state index in [0.29, 0.717) is 5.75 Å². The lowest BCUT2D eigenvalue weighted by Crippen LogP contribution is -2.35. The molecule has 156 valence electrons. The van der Waals surface area contributed by atoms with Crippen molar-refractivity contribution in [2.24, 2.45) is 0 Å². The molecule has 0 saturated heterocycles. The Morgan fingerprint density at radius 3 is 2.54 bits per heavy atom. The van der Waals surface area contributed by atoms with E-state index in [0.717, 1.165) is 47.3 Å². The van der Waals surface area contributed by atoms with Crippen molar-refractivity contribution in [2.75, 3.05) is 6.61 Å². The highest BCUT2D eigenvalue weighted by Gasteiger charge is 2.32. The van der Waals surface area contributed by atoms with Crippen LogP contribution in [0.15, 0.2) is 12.2 Å². The molecule has 1 N–H and O–H groups in total. The van der Waals surface area contributed by atoms with Crippen LogP contribution in [0.5, 0.6) is 11.5 Å². The Morgan fingerprint density at radius 2 is 1.86 bits per heavy atom. The molecule has 1 atom stereocenters. The number of benzene rings is 1. The van der Waals surface area contributed by atoms with Crippen LogP contribution < -0.4 is 9.47 Å². The lowest BCUT2D eigenvalue weighted by Gasteiger charge is -2.36. The van der Waals surface area contributed by atoms with E-state index in [1.54, 1.807) is 0 Å². The molecular formula is C24H36O4. The first-order valence-electron chi connectivity index (χ1n) is 10.6. The zero-order chi connectivity index (χ0) is 20.7. The van der Waals surface area contributed by atoms with E-state index in [1.807, 2.05) is 20.8 Å². The first kappa shape index (κ1) is 22.3. The van der Waals surface area contributed by atoms with Crippen LogP contribution in [0.1, 0.15) is 81.0 Å². The molecule has 0 saturated carbocycles. The van der Waals surface area contributed by atoms with Gasteiger partial charge in [0, 0.05) is 5.56 Å². The summed E-state index contributed by atoms with van der Waals surface area (Å²) in [4.78, 5) is 10.9. The van der Waals surface area contributed by atoms with E-state index in [-0.39, 0.29) is 12.2 Å². The lowest BCUT2D eigenvalue weighted by atomic mass is 9.86. The smallest absolute Gasteiger partial charge is 0.341 e. The molecular weight excluding hydrogens is 352 g/mol. The van der Waals surface area contributed by atoms with Gasteiger partial charge in [-0.3, -0.25) is 0 Å². The van der Waals surface area contributed by atoms with E-state index in [1.165, 1.54) is 32.1 Å². The Kier molecular flexibility index (Phi) is 7.97. The highest BCUT2D eigenvalue weighted by molar-refractivity contribution is 5.69. The summed E-state index contributed by atoms with van der Waals surface area (Å²) in [6.07, 6.45) is 13.9. The number of carboxylic acids is 1. The molecule has 0 radical (unpaired) electrons. The van der Waals surface area contributed by atoms with Gasteiger partial charge in [-0.2, -0.15) is 0 Å². The Bertz CT molecular complexity index is 720. The molecule has 4 nitrogen and oxygen atoms in total. The van der Waals surface area contributed by atoms with E-state index in [4.69, 9.17) is 14.6 Å². The number of allylic oxidation sites excluding steroid dienone is 1. The third kappa shape index (κ3) is 5.52. The molecule has 0 amide bonds. The fourth-order valence-electron chi connectivity index (χ4n) is 3.92. The van der Waals surface area contributed by atoms with Crippen LogP contribution >= 0.6 is 0 Å². The third-order valence-corrected chi connectivity index (χ3v) is 5.80. The van der Waals surface area contributed by atoms with Crippen LogP contribution in [-0.4, -0.2) is 23.3 Å². The maximum Gasteiger partial charge on any atom is 0.341 e. The zero-order valence-electron chi connectivity index (χ0n) is 18.2. The van der Waals surface area contributed by atoms with Crippen LogP contribution in [0.3, 0.4) is 0 Å². The molecule has 0 aromatic heterocycles. The Hall–Kier alpha value is -1.97. The highest BCUT2D eigenvalue weighted by Crippen LogP contribution is 2.44. The monoisotopic (exact) mass is 388 g/mol. The van der Waals surface area contributed by atoms with Crippen molar-refractivity contribution in [2.45, 2.75) is 91.6 Å². The van der Waals surface area contributed by atoms with Crippen molar-refractivity contribution in [1.82, 2.24) is 0 Å². The molecule has 1 aliphatic rings. The third-order valence-electron chi connectivity index (χ3n) is 5.80. The van der Waals surface area contributed by atoms with Crippen molar-refractivity contribution >= 4 is 5.97 Å². The molecule has 28 heavy (non-hydrogen) atoms. The second-order valence-corrected chi connectivity index (χ2v) is 8.21. The summed E-state index contributed by atoms with van der Waals surface area (Å²) in [6, 6.07) is 0. The molecule has 1 aromatic rings. The lowest BCUT2D eigenvalue weighted by molar-refractivity contribution is -0.139. The second kappa shape index (κ2) is 9.99. The van der Waals surface area contributed by atoms with Crippen LogP contribution in [0.4, 0.5) is 0 Å². The maximum atomic E-state index is 10.9. The molecule has 2 rings (SSSR count). The van der Waals surface area contributed by atoms with Gasteiger partial charge >= 0.3 is 5.97 Å². The molecule has 1 aliphatic heterocycles. The number of aliphatic carboxylic acids is 1. The topological polar surface area (TPSA) is 55.8 Å². The zero-order valence-corrected chi connectivity index (χ0v) is 18.2. The van der Waals surface area contributed by atoms with Gasteiger partial charge in [-0.05, 0) is 76.1 Å². The molecule has 0 bridgehead atoms. The number of rotatable bonds is 10. The van der Waals surface area contributed by atoms with Gasteiger partial charge in [0.25, 0.3) is 0 Å². The molecule has 0 fully saturated rings. The van der Waals surface area contributed by atoms with Crippen molar-refractivity contribution in [1.29, 1.82) is 0 Å². The quantitative estimate of drug-likeness (QED) is 0.390. The molecule has 1 heterocycles. The van der Waals surface area contributed by atoms with Gasteiger partial charge in [-0.25, -0.2) is 4.79 Å². The molecule has 0 unspecified atom stereocenters. The minimum atomic E-state index is -0.960. The molecule has 0 spiro atoms. The minimum absolute atomic E-state index is 0.288. The average Bonchev–Trinajstić information content (AvgIpc) is 2.65. The Labute approximate surface area is 169 Å². The summed E-state index contributed by atoms with van der Waals surface area (Å²) in [5.74, 6) is 0.672. The van der Waals surface area contributed by atoms with Crippen LogP contribution in [0.25, 0.3) is 0 Å². The Balaban J connectivity index is 2.10. The van der Waals surface area contributed by atoms with E-state index >= 15 is 0 Å². The van der Waals surface area contributed by atoms with E-state index in [2.05, 4.69) is 26.0 Å². The SMILES string of the molecule is CCCCCCC/C=C/[C@]1(C)CCc2c(C)c(OCC(=O)O)c(C)c(C)c2O1. The van der Waals surface area contributed by atoms with Gasteiger partial charge in [-0.1, -0.05) is 38.7 Å². The first-order valence-corrected chi connectivity index (χ1v) is 10.6. The van der Waals surface area contributed by atoms with Crippen LogP contribution in [-0.2, 0) is 11.2 Å². The molecule has 4 heteroatoms. The number of unbranched alkanes of at least 4 members (excludes halogenated alkanes) is 5. The Morgan fingerprint density at radius 1 is 1.14 bits per heavy atom. The maximum absolute atomic E-state index is 10.9. The second-order valence-electron chi connectivity index (χ2n) is 8.21. The summed E-state index contributed by atoms with van der Waals surface area (Å²) in [5.41, 5.74) is 3.86. The number of fused-ring (bicyclic) bond motifs is 1. The largest absolute Gasteiger partial charge is 0.483 e. The van der Waals surface area contributed by atoms with Crippen molar-refractivity contribution in [3.8, 4) is 11.5 Å². The highest BCUT2D eigenvalue weighted by atomic mass is 16.5.